The minimum absolute atomic E-state index is 0. The van der Waals surface area contributed by atoms with Crippen LogP contribution in [0.3, 0.4) is 0 Å². The van der Waals surface area contributed by atoms with Gasteiger partial charge in [-0.25, -0.2) is 0 Å². The molecule has 2 nitrogen and oxygen atoms in total. The molecular weight excluding hydrogens is 391 g/mol. The summed E-state index contributed by atoms with van der Waals surface area (Å²) in [6.45, 7) is 0. The summed E-state index contributed by atoms with van der Waals surface area (Å²) in [5.74, 6) is 0. The fourth-order valence-corrected chi connectivity index (χ4v) is 4.30. The number of nitrogens with zero attached hydrogens (tertiary/aromatic N) is 2. The van der Waals surface area contributed by atoms with Gasteiger partial charge in [-0.1, -0.05) is 17.8 Å². The van der Waals surface area contributed by atoms with Gasteiger partial charge in [-0.15, -0.1) is 0 Å². The maximum absolute atomic E-state index is 2.43. The number of thiazole rings is 1. The molecule has 0 aliphatic heterocycles. The SMILES string of the molecule is CN(C)c1ccc(-c2sc3c([n+]2C)CCCCC3)cc1.[I-]. The van der Waals surface area contributed by atoms with Crippen molar-refractivity contribution in [3.8, 4) is 10.6 Å². The first-order valence-corrected chi connectivity index (χ1v) is 8.27. The van der Waals surface area contributed by atoms with E-state index in [0.29, 0.717) is 0 Å². The Morgan fingerprint density at radius 1 is 1.00 bits per heavy atom. The predicted molar refractivity (Wildman–Crippen MR) is 86.5 cm³/mol. The molecule has 1 heterocycles. The summed E-state index contributed by atoms with van der Waals surface area (Å²) in [5.41, 5.74) is 4.17. The maximum atomic E-state index is 2.43. The van der Waals surface area contributed by atoms with Crippen LogP contribution in [0.25, 0.3) is 10.6 Å². The van der Waals surface area contributed by atoms with Gasteiger partial charge in [-0.05, 0) is 43.5 Å². The van der Waals surface area contributed by atoms with Crippen molar-refractivity contribution >= 4 is 17.0 Å². The molecule has 0 saturated heterocycles. The average molecular weight is 414 g/mol. The first-order chi connectivity index (χ1) is 9.66. The molecule has 0 spiro atoms. The minimum Gasteiger partial charge on any atom is -1.00 e. The number of benzene rings is 1. The summed E-state index contributed by atoms with van der Waals surface area (Å²) in [6.07, 6.45) is 6.60. The van der Waals surface area contributed by atoms with Gasteiger partial charge in [0, 0.05) is 26.2 Å². The van der Waals surface area contributed by atoms with E-state index in [9.17, 15) is 0 Å². The molecule has 21 heavy (non-hydrogen) atoms. The number of fused-ring (bicyclic) bond motifs is 1. The number of hydrogen-bond donors (Lipinski definition) is 0. The lowest BCUT2D eigenvalue weighted by molar-refractivity contribution is -0.664. The Labute approximate surface area is 148 Å². The third-order valence-electron chi connectivity index (χ3n) is 4.20. The Morgan fingerprint density at radius 3 is 2.33 bits per heavy atom. The standard InChI is InChI=1S/C17H23N2S.HI/c1-18(2)14-11-9-13(10-12-14)17-19(3)15-7-5-4-6-8-16(15)20-17;/h9-12H,4-8H2,1-3H3;1H/q+1;/p-1. The molecule has 1 aromatic carbocycles. The van der Waals surface area contributed by atoms with Gasteiger partial charge in [0.25, 0.3) is 5.01 Å². The second kappa shape index (κ2) is 7.09. The van der Waals surface area contributed by atoms with Gasteiger partial charge in [-0.3, -0.25) is 0 Å². The molecule has 0 radical (unpaired) electrons. The zero-order valence-electron chi connectivity index (χ0n) is 13.0. The highest BCUT2D eigenvalue weighted by Crippen LogP contribution is 2.31. The Hall–Kier alpha value is -0.620. The predicted octanol–water partition coefficient (Wildman–Crippen LogP) is 0.578. The summed E-state index contributed by atoms with van der Waals surface area (Å²) < 4.78 is 2.43. The van der Waals surface area contributed by atoms with Crippen LogP contribution in [0, 0.1) is 0 Å². The van der Waals surface area contributed by atoms with E-state index in [2.05, 4.69) is 54.9 Å². The van der Waals surface area contributed by atoms with E-state index < -0.39 is 0 Å². The van der Waals surface area contributed by atoms with Gasteiger partial charge >= 0.3 is 0 Å². The number of rotatable bonds is 2. The summed E-state index contributed by atoms with van der Waals surface area (Å²) in [4.78, 5) is 3.75. The summed E-state index contributed by atoms with van der Waals surface area (Å²) >= 11 is 1.99. The molecule has 114 valence electrons. The highest BCUT2D eigenvalue weighted by Gasteiger charge is 2.25. The summed E-state index contributed by atoms with van der Waals surface area (Å²) in [7, 11) is 6.40. The van der Waals surface area contributed by atoms with E-state index in [1.807, 2.05) is 11.3 Å². The maximum Gasteiger partial charge on any atom is 0.269 e. The van der Waals surface area contributed by atoms with E-state index in [4.69, 9.17) is 0 Å². The molecule has 0 unspecified atom stereocenters. The molecule has 0 atom stereocenters. The first kappa shape index (κ1) is 16.7. The lowest BCUT2D eigenvalue weighted by Crippen LogP contribution is -3.00. The van der Waals surface area contributed by atoms with E-state index >= 15 is 0 Å². The monoisotopic (exact) mass is 414 g/mol. The topological polar surface area (TPSA) is 7.12 Å². The van der Waals surface area contributed by atoms with Crippen LogP contribution >= 0.6 is 11.3 Å². The van der Waals surface area contributed by atoms with Crippen molar-refractivity contribution in [2.45, 2.75) is 32.1 Å². The quantitative estimate of drug-likeness (QED) is 0.396. The molecule has 4 heteroatoms. The van der Waals surface area contributed by atoms with Crippen molar-refractivity contribution < 1.29 is 28.5 Å². The number of aromatic nitrogens is 1. The van der Waals surface area contributed by atoms with Crippen LogP contribution in [0.5, 0.6) is 0 Å². The molecule has 0 saturated carbocycles. The molecule has 0 amide bonds. The Balaban J connectivity index is 0.00000161. The molecule has 0 N–H and O–H groups in total. The van der Waals surface area contributed by atoms with Crippen molar-refractivity contribution in [1.29, 1.82) is 0 Å². The van der Waals surface area contributed by atoms with Crippen LogP contribution in [-0.4, -0.2) is 14.1 Å². The van der Waals surface area contributed by atoms with Gasteiger partial charge in [-0.2, -0.15) is 4.57 Å². The van der Waals surface area contributed by atoms with Crippen LogP contribution in [0.4, 0.5) is 5.69 Å². The Morgan fingerprint density at radius 2 is 1.67 bits per heavy atom. The molecule has 0 bridgehead atoms. The first-order valence-electron chi connectivity index (χ1n) is 7.45. The number of anilines is 1. The van der Waals surface area contributed by atoms with Crippen LogP contribution < -0.4 is 33.4 Å². The van der Waals surface area contributed by atoms with E-state index in [0.717, 1.165) is 0 Å². The third kappa shape index (κ3) is 3.42. The van der Waals surface area contributed by atoms with Crippen molar-refractivity contribution in [2.24, 2.45) is 7.05 Å². The summed E-state index contributed by atoms with van der Waals surface area (Å²) in [6, 6.07) is 8.92. The molecular formula is C17H23IN2S. The zero-order valence-corrected chi connectivity index (χ0v) is 16.0. The Bertz CT molecular complexity index is 602. The van der Waals surface area contributed by atoms with Crippen LogP contribution in [0.1, 0.15) is 29.8 Å². The van der Waals surface area contributed by atoms with Crippen molar-refractivity contribution in [3.05, 3.63) is 34.8 Å². The fraction of sp³-hybridized carbons (Fsp3) is 0.471. The molecule has 0 fully saturated rings. The largest absolute Gasteiger partial charge is 1.00 e. The minimum atomic E-state index is 0. The van der Waals surface area contributed by atoms with Gasteiger partial charge in [0.05, 0.1) is 10.4 Å². The fourth-order valence-electron chi connectivity index (χ4n) is 2.97. The van der Waals surface area contributed by atoms with Crippen molar-refractivity contribution in [1.82, 2.24) is 0 Å². The van der Waals surface area contributed by atoms with Crippen LogP contribution in [0.15, 0.2) is 24.3 Å². The second-order valence-electron chi connectivity index (χ2n) is 5.84. The second-order valence-corrected chi connectivity index (χ2v) is 6.92. The molecule has 2 aromatic rings. The highest BCUT2D eigenvalue weighted by molar-refractivity contribution is 7.14. The molecule has 1 aliphatic carbocycles. The van der Waals surface area contributed by atoms with E-state index in [1.54, 1.807) is 10.6 Å². The smallest absolute Gasteiger partial charge is 0.269 e. The van der Waals surface area contributed by atoms with E-state index in [1.165, 1.54) is 48.4 Å². The normalized spacial score (nSPS) is 14.0. The van der Waals surface area contributed by atoms with Crippen molar-refractivity contribution in [3.63, 3.8) is 0 Å². The highest BCUT2D eigenvalue weighted by atomic mass is 127. The van der Waals surface area contributed by atoms with Crippen LogP contribution in [0.2, 0.25) is 0 Å². The number of hydrogen-bond acceptors (Lipinski definition) is 2. The number of aryl methyl sites for hydroxylation is 1. The van der Waals surface area contributed by atoms with Gasteiger partial charge < -0.3 is 28.9 Å². The van der Waals surface area contributed by atoms with Gasteiger partial charge in [0.1, 0.15) is 7.05 Å². The lowest BCUT2D eigenvalue weighted by atomic mass is 10.2. The third-order valence-corrected chi connectivity index (χ3v) is 5.59. The number of halogens is 1. The summed E-state index contributed by atoms with van der Waals surface area (Å²) in [5, 5.41) is 1.40. The molecule has 1 aromatic heterocycles. The van der Waals surface area contributed by atoms with E-state index in [-0.39, 0.29) is 24.0 Å². The van der Waals surface area contributed by atoms with Gasteiger partial charge in [0.15, 0.2) is 5.69 Å². The van der Waals surface area contributed by atoms with Crippen molar-refractivity contribution in [2.75, 3.05) is 19.0 Å². The van der Waals surface area contributed by atoms with Gasteiger partial charge in [0.2, 0.25) is 0 Å². The van der Waals surface area contributed by atoms with Crippen LogP contribution in [-0.2, 0) is 19.9 Å². The lowest BCUT2D eigenvalue weighted by Gasteiger charge is -2.11. The molecule has 3 rings (SSSR count). The zero-order chi connectivity index (χ0) is 14.1. The Kier molecular flexibility index (Phi) is 5.66. The molecule has 1 aliphatic rings. The average Bonchev–Trinajstić information content (AvgIpc) is 2.64.